The molecule has 1 aromatic heterocycles. The van der Waals surface area contributed by atoms with Crippen molar-refractivity contribution in [3.05, 3.63) is 18.0 Å². The Labute approximate surface area is 124 Å². The molecule has 2 saturated carbocycles. The van der Waals surface area contributed by atoms with E-state index in [1.165, 1.54) is 16.8 Å². The molecule has 7 heteroatoms. The van der Waals surface area contributed by atoms with E-state index in [4.69, 9.17) is 5.11 Å². The van der Waals surface area contributed by atoms with Gasteiger partial charge in [0.1, 0.15) is 10.6 Å². The zero-order chi connectivity index (χ0) is 15.2. The van der Waals surface area contributed by atoms with Gasteiger partial charge in [0.15, 0.2) is 0 Å². The molecule has 0 amide bonds. The molecule has 0 bridgehead atoms. The van der Waals surface area contributed by atoms with Crippen molar-refractivity contribution in [2.24, 2.45) is 11.8 Å². The van der Waals surface area contributed by atoms with Gasteiger partial charge in [-0.25, -0.2) is 17.9 Å². The van der Waals surface area contributed by atoms with Crippen LogP contribution >= 0.6 is 0 Å². The Morgan fingerprint density at radius 3 is 2.33 bits per heavy atom. The molecule has 0 atom stereocenters. The molecule has 21 heavy (non-hydrogen) atoms. The highest BCUT2D eigenvalue weighted by Gasteiger charge is 2.43. The minimum atomic E-state index is -3.65. The van der Waals surface area contributed by atoms with E-state index in [-0.39, 0.29) is 16.6 Å². The standard InChI is InChI=1S/C14H20N2O4S/c1-2-16-8-11(7-12(16)14(17)18)21(19,20)15-13(9-3-4-9)10-5-6-10/h7-10,13,15H,2-6H2,1H3,(H,17,18). The summed E-state index contributed by atoms with van der Waals surface area (Å²) in [6.45, 7) is 2.21. The van der Waals surface area contributed by atoms with Crippen molar-refractivity contribution >= 4 is 16.0 Å². The Kier molecular flexibility index (Phi) is 3.57. The monoisotopic (exact) mass is 312 g/mol. The number of nitrogens with zero attached hydrogens (tertiary/aromatic N) is 1. The van der Waals surface area contributed by atoms with Crippen LogP contribution in [0.3, 0.4) is 0 Å². The number of carboxylic acids is 1. The molecule has 116 valence electrons. The molecule has 6 nitrogen and oxygen atoms in total. The van der Waals surface area contributed by atoms with Crippen molar-refractivity contribution in [2.75, 3.05) is 0 Å². The molecule has 1 aromatic rings. The lowest BCUT2D eigenvalue weighted by atomic mass is 10.1. The van der Waals surface area contributed by atoms with Crippen molar-refractivity contribution in [1.82, 2.24) is 9.29 Å². The van der Waals surface area contributed by atoms with Gasteiger partial charge in [-0.2, -0.15) is 0 Å². The zero-order valence-corrected chi connectivity index (χ0v) is 12.8. The van der Waals surface area contributed by atoms with Gasteiger partial charge in [0.05, 0.1) is 0 Å². The van der Waals surface area contributed by atoms with Gasteiger partial charge in [0.2, 0.25) is 10.0 Å². The number of nitrogens with one attached hydrogen (secondary N) is 1. The summed E-state index contributed by atoms with van der Waals surface area (Å²) in [6, 6.07) is 1.26. The van der Waals surface area contributed by atoms with E-state index in [2.05, 4.69) is 4.72 Å². The second kappa shape index (κ2) is 5.14. The van der Waals surface area contributed by atoms with Crippen LogP contribution in [0.4, 0.5) is 0 Å². The molecule has 1 heterocycles. The minimum Gasteiger partial charge on any atom is -0.477 e. The number of aromatic nitrogens is 1. The van der Waals surface area contributed by atoms with Crippen LogP contribution < -0.4 is 4.72 Å². The van der Waals surface area contributed by atoms with Crippen LogP contribution in [0.1, 0.15) is 43.1 Å². The maximum Gasteiger partial charge on any atom is 0.352 e. The van der Waals surface area contributed by atoms with Gasteiger partial charge in [0, 0.05) is 18.8 Å². The van der Waals surface area contributed by atoms with E-state index in [9.17, 15) is 13.2 Å². The van der Waals surface area contributed by atoms with Crippen molar-refractivity contribution in [3.8, 4) is 0 Å². The van der Waals surface area contributed by atoms with Crippen LogP contribution in [0, 0.1) is 11.8 Å². The lowest BCUT2D eigenvalue weighted by Crippen LogP contribution is -2.37. The summed E-state index contributed by atoms with van der Waals surface area (Å²) in [5.41, 5.74) is 0.00673. The average Bonchev–Trinajstić information content (AvgIpc) is 3.32. The van der Waals surface area contributed by atoms with Crippen molar-refractivity contribution in [1.29, 1.82) is 0 Å². The fraction of sp³-hybridized carbons (Fsp3) is 0.643. The van der Waals surface area contributed by atoms with E-state index in [1.807, 2.05) is 0 Å². The number of hydrogen-bond acceptors (Lipinski definition) is 3. The van der Waals surface area contributed by atoms with Gasteiger partial charge >= 0.3 is 5.97 Å². The number of aromatic carboxylic acids is 1. The fourth-order valence-corrected chi connectivity index (χ4v) is 4.22. The van der Waals surface area contributed by atoms with Crippen LogP contribution in [-0.4, -0.2) is 30.1 Å². The third-order valence-electron chi connectivity index (χ3n) is 4.29. The first kappa shape index (κ1) is 14.6. The molecule has 0 unspecified atom stereocenters. The number of aryl methyl sites for hydroxylation is 1. The van der Waals surface area contributed by atoms with Crippen LogP contribution in [-0.2, 0) is 16.6 Å². The van der Waals surface area contributed by atoms with E-state index in [1.54, 1.807) is 6.92 Å². The molecule has 2 fully saturated rings. The zero-order valence-electron chi connectivity index (χ0n) is 11.9. The van der Waals surface area contributed by atoms with Crippen LogP contribution in [0.25, 0.3) is 0 Å². The molecule has 0 spiro atoms. The second-order valence-corrected chi connectivity index (χ2v) is 7.69. The Bertz CT molecular complexity index is 645. The maximum atomic E-state index is 12.5. The Hall–Kier alpha value is -1.34. The topological polar surface area (TPSA) is 88.4 Å². The first-order valence-electron chi connectivity index (χ1n) is 7.38. The summed E-state index contributed by atoms with van der Waals surface area (Å²) < 4.78 is 29.2. The lowest BCUT2D eigenvalue weighted by molar-refractivity contribution is 0.0685. The molecular formula is C14H20N2O4S. The Morgan fingerprint density at radius 2 is 1.95 bits per heavy atom. The highest BCUT2D eigenvalue weighted by atomic mass is 32.2. The van der Waals surface area contributed by atoms with Gasteiger partial charge in [-0.15, -0.1) is 0 Å². The summed E-state index contributed by atoms with van der Waals surface area (Å²) in [5, 5.41) is 9.12. The lowest BCUT2D eigenvalue weighted by Gasteiger charge is -2.17. The molecule has 3 rings (SSSR count). The molecule has 2 aliphatic rings. The molecular weight excluding hydrogens is 292 g/mol. The van der Waals surface area contributed by atoms with E-state index in [0.717, 1.165) is 25.7 Å². The maximum absolute atomic E-state index is 12.5. The highest BCUT2D eigenvalue weighted by molar-refractivity contribution is 7.89. The number of rotatable bonds is 7. The Morgan fingerprint density at radius 1 is 1.38 bits per heavy atom. The molecule has 0 radical (unpaired) electrons. The number of carboxylic acid groups (broad SMARTS) is 1. The first-order chi connectivity index (χ1) is 9.92. The van der Waals surface area contributed by atoms with Crippen LogP contribution in [0.15, 0.2) is 17.2 Å². The SMILES string of the molecule is CCn1cc(S(=O)(=O)NC(C2CC2)C2CC2)cc1C(=O)O. The minimum absolute atomic E-state index is 0.00673. The van der Waals surface area contributed by atoms with Crippen LogP contribution in [0.5, 0.6) is 0 Å². The molecule has 0 aliphatic heterocycles. The van der Waals surface area contributed by atoms with Crippen LogP contribution in [0.2, 0.25) is 0 Å². The summed E-state index contributed by atoms with van der Waals surface area (Å²) in [5.74, 6) is -0.196. The van der Waals surface area contributed by atoms with Gasteiger partial charge in [-0.05, 0) is 50.5 Å². The molecule has 0 saturated heterocycles. The summed E-state index contributed by atoms with van der Waals surface area (Å²) >= 11 is 0. The van der Waals surface area contributed by atoms with E-state index in [0.29, 0.717) is 18.4 Å². The van der Waals surface area contributed by atoms with Crippen molar-refractivity contribution in [2.45, 2.75) is 50.1 Å². The van der Waals surface area contributed by atoms with Gasteiger partial charge in [0.25, 0.3) is 0 Å². The normalized spacial score (nSPS) is 19.1. The summed E-state index contributed by atoms with van der Waals surface area (Å²) in [6.07, 6.45) is 5.74. The molecule has 0 aromatic carbocycles. The molecule has 2 N–H and O–H groups in total. The number of sulfonamides is 1. The van der Waals surface area contributed by atoms with Crippen molar-refractivity contribution in [3.63, 3.8) is 0 Å². The quantitative estimate of drug-likeness (QED) is 0.801. The van der Waals surface area contributed by atoms with Gasteiger partial charge in [-0.3, -0.25) is 0 Å². The third kappa shape index (κ3) is 2.98. The predicted molar refractivity (Wildman–Crippen MR) is 76.6 cm³/mol. The van der Waals surface area contributed by atoms with Gasteiger partial charge in [-0.1, -0.05) is 0 Å². The first-order valence-corrected chi connectivity index (χ1v) is 8.86. The number of carbonyl (C=O) groups is 1. The largest absolute Gasteiger partial charge is 0.477 e. The second-order valence-electron chi connectivity index (χ2n) is 5.97. The van der Waals surface area contributed by atoms with E-state index < -0.39 is 16.0 Å². The molecule has 2 aliphatic carbocycles. The van der Waals surface area contributed by atoms with Crippen molar-refractivity contribution < 1.29 is 18.3 Å². The fourth-order valence-electron chi connectivity index (χ4n) is 2.81. The summed E-state index contributed by atoms with van der Waals surface area (Å²) in [7, 11) is -3.65. The average molecular weight is 312 g/mol. The summed E-state index contributed by atoms with van der Waals surface area (Å²) in [4.78, 5) is 11.2. The van der Waals surface area contributed by atoms with E-state index >= 15 is 0 Å². The predicted octanol–water partition coefficient (Wildman–Crippen LogP) is 1.67. The Balaban J connectivity index is 1.85. The smallest absolute Gasteiger partial charge is 0.352 e. The third-order valence-corrected chi connectivity index (χ3v) is 5.72. The highest BCUT2D eigenvalue weighted by Crippen LogP contribution is 2.45. The number of hydrogen-bond donors (Lipinski definition) is 2. The van der Waals surface area contributed by atoms with Gasteiger partial charge < -0.3 is 9.67 Å².